The van der Waals surface area contributed by atoms with Gasteiger partial charge in [0.05, 0.1) is 0 Å². The molecule has 0 aliphatic heterocycles. The molecule has 0 bridgehead atoms. The van der Waals surface area contributed by atoms with Gasteiger partial charge in [-0.3, -0.25) is 0 Å². The van der Waals surface area contributed by atoms with Gasteiger partial charge in [-0.05, 0) is 0 Å². The third-order valence-corrected chi connectivity index (χ3v) is 11.3. The maximum Gasteiger partial charge on any atom is 0 e. The van der Waals surface area contributed by atoms with Crippen LogP contribution in [-0.2, 0) is 4.18 Å². The number of phenolic OH excluding ortho intramolecular Hbond substituents is 2. The van der Waals surface area contributed by atoms with Crippen LogP contribution in [0.15, 0.2) is 36.4 Å². The molecule has 0 heterocycles. The van der Waals surface area contributed by atoms with Crippen molar-refractivity contribution in [3.05, 3.63) is 36.4 Å². The van der Waals surface area contributed by atoms with Gasteiger partial charge < -0.3 is 0 Å². The third kappa shape index (κ3) is 6.81. The Hall–Kier alpha value is 0.0269. The standard InChI is InChI=1S/C13H14As2N2O4S.Na/c16-10-5-8(1-3-12(10)18)14-15-9-2-4-13(19)11(6-9)17-7-21-22-20;/h1-6,17-20H,7,16H2;. The van der Waals surface area contributed by atoms with Crippen molar-refractivity contribution in [2.75, 3.05) is 17.8 Å². The van der Waals surface area contributed by atoms with Crippen LogP contribution in [0.25, 0.3) is 0 Å². The number of rotatable bonds is 6. The Morgan fingerprint density at radius 2 is 1.65 bits per heavy atom. The van der Waals surface area contributed by atoms with Crippen LogP contribution < -0.4 is 19.8 Å². The molecule has 0 spiro atoms. The number of phenols is 2. The topological polar surface area (TPSA) is 108 Å². The number of hydrogen-bond donors (Lipinski definition) is 5. The summed E-state index contributed by atoms with van der Waals surface area (Å²) in [4.78, 5) is 0. The molecular weight excluding hydrogens is 453 g/mol. The summed E-state index contributed by atoms with van der Waals surface area (Å²) >= 11 is 0.172. The van der Waals surface area contributed by atoms with Gasteiger partial charge in [-0.1, -0.05) is 0 Å². The molecule has 6 N–H and O–H groups in total. The minimum atomic E-state index is -0.0562. The fourth-order valence-corrected chi connectivity index (χ4v) is 8.80. The molecule has 1 radical (unpaired) electrons. The van der Waals surface area contributed by atoms with Crippen molar-refractivity contribution in [2.24, 2.45) is 0 Å². The van der Waals surface area contributed by atoms with Crippen molar-refractivity contribution in [1.82, 2.24) is 0 Å². The SMILES string of the molecule is Nc1cc([As]=[As]c2ccc(O)c(NCOSO)c2)ccc1O.[Na]. The predicted molar refractivity (Wildman–Crippen MR) is 97.0 cm³/mol. The molecule has 23 heavy (non-hydrogen) atoms. The average molecular weight is 467 g/mol. The number of nitrogen functional groups attached to an aromatic ring is 1. The first-order valence-electron chi connectivity index (χ1n) is 6.10. The zero-order valence-corrected chi connectivity index (χ0v) is 18.9. The summed E-state index contributed by atoms with van der Waals surface area (Å²) in [6, 6.07) is 10.8. The Balaban J connectivity index is 0.00000264. The predicted octanol–water partition coefficient (Wildman–Crippen LogP) is 0.0806. The van der Waals surface area contributed by atoms with Crippen LogP contribution in [0.5, 0.6) is 11.5 Å². The monoisotopic (exact) mass is 467 g/mol. The second-order valence-electron chi connectivity index (χ2n) is 4.16. The summed E-state index contributed by atoms with van der Waals surface area (Å²) in [7, 11) is 0. The number of nitrogens with two attached hydrogens (primary N) is 1. The summed E-state index contributed by atoms with van der Waals surface area (Å²) in [5.41, 5.74) is 6.68. The zero-order chi connectivity index (χ0) is 15.9. The van der Waals surface area contributed by atoms with E-state index in [0.717, 1.165) is 4.35 Å². The molecule has 2 rings (SSSR count). The average Bonchev–Trinajstić information content (AvgIpc) is 2.51. The van der Waals surface area contributed by atoms with E-state index in [-0.39, 0.29) is 86.4 Å². The molecule has 10 heteroatoms. The number of benzene rings is 2. The first kappa shape index (κ1) is 21.1. The molecule has 0 amide bonds. The van der Waals surface area contributed by atoms with Gasteiger partial charge in [-0.25, -0.2) is 0 Å². The molecule has 0 aliphatic rings. The van der Waals surface area contributed by atoms with Crippen molar-refractivity contribution in [3.8, 4) is 11.5 Å². The van der Waals surface area contributed by atoms with E-state index in [2.05, 4.69) is 5.32 Å². The van der Waals surface area contributed by atoms with Gasteiger partial charge >= 0.3 is 143 Å². The minimum Gasteiger partial charge on any atom is 0 e. The summed E-state index contributed by atoms with van der Waals surface area (Å²) in [6.45, 7) is 0.0941. The molecule has 6 nitrogen and oxygen atoms in total. The van der Waals surface area contributed by atoms with E-state index in [0.29, 0.717) is 11.4 Å². The molecule has 0 fully saturated rings. The van der Waals surface area contributed by atoms with Crippen molar-refractivity contribution < 1.29 is 18.9 Å². The smallest absolute Gasteiger partial charge is 0 e. The van der Waals surface area contributed by atoms with Gasteiger partial charge in [0.25, 0.3) is 0 Å². The van der Waals surface area contributed by atoms with Gasteiger partial charge in [0.2, 0.25) is 0 Å². The molecule has 0 aromatic heterocycles. The van der Waals surface area contributed by atoms with Gasteiger partial charge in [-0.15, -0.1) is 0 Å². The Morgan fingerprint density at radius 3 is 2.26 bits per heavy atom. The van der Waals surface area contributed by atoms with E-state index in [9.17, 15) is 10.2 Å². The first-order chi connectivity index (χ1) is 10.6. The van der Waals surface area contributed by atoms with Gasteiger partial charge in [0.15, 0.2) is 0 Å². The van der Waals surface area contributed by atoms with Crippen LogP contribution in [0.4, 0.5) is 11.4 Å². The van der Waals surface area contributed by atoms with E-state index >= 15 is 0 Å². The Kier molecular flexibility index (Phi) is 9.90. The first-order valence-corrected chi connectivity index (χ1v) is 13.9. The largest absolute Gasteiger partial charge is 0 e. The molecule has 0 aliphatic carbocycles. The molecule has 117 valence electrons. The van der Waals surface area contributed by atoms with E-state index < -0.39 is 0 Å². The quantitative estimate of drug-likeness (QED) is 0.102. The molecule has 0 unspecified atom stereocenters. The van der Waals surface area contributed by atoms with Crippen molar-refractivity contribution in [2.45, 2.75) is 0 Å². The maximum atomic E-state index is 9.77. The second kappa shape index (κ2) is 10.8. The molecule has 0 saturated carbocycles. The number of aromatic hydroxyl groups is 2. The van der Waals surface area contributed by atoms with Crippen molar-refractivity contribution >= 4 is 88.2 Å². The maximum absolute atomic E-state index is 9.77. The Bertz CT molecular complexity index is 691. The van der Waals surface area contributed by atoms with Crippen LogP contribution in [0.2, 0.25) is 0 Å². The van der Waals surface area contributed by atoms with Crippen LogP contribution in [0.1, 0.15) is 0 Å². The van der Waals surface area contributed by atoms with E-state index in [4.69, 9.17) is 14.5 Å². The van der Waals surface area contributed by atoms with E-state index in [1.165, 1.54) is 4.35 Å². The second-order valence-corrected chi connectivity index (χ2v) is 11.9. The summed E-state index contributed by atoms with van der Waals surface area (Å²) in [5.74, 6) is 0.251. The van der Waals surface area contributed by atoms with Gasteiger partial charge in [0, 0.05) is 29.6 Å². The van der Waals surface area contributed by atoms with Gasteiger partial charge in [-0.2, -0.15) is 0 Å². The summed E-state index contributed by atoms with van der Waals surface area (Å²) in [6.07, 6.45) is 0. The summed E-state index contributed by atoms with van der Waals surface area (Å²) < 4.78 is 15.5. The zero-order valence-electron chi connectivity index (χ0n) is 12.3. The molecule has 2 aromatic rings. The number of hydrogen-bond acceptors (Lipinski definition) is 7. The van der Waals surface area contributed by atoms with Crippen LogP contribution in [-0.4, -0.2) is 77.3 Å². The molecule has 2 aromatic carbocycles. The van der Waals surface area contributed by atoms with Crippen LogP contribution in [0, 0.1) is 0 Å². The van der Waals surface area contributed by atoms with E-state index in [1.807, 2.05) is 24.3 Å². The Labute approximate surface area is 171 Å². The van der Waals surface area contributed by atoms with Crippen LogP contribution >= 0.6 is 12.3 Å². The van der Waals surface area contributed by atoms with E-state index in [1.54, 1.807) is 12.1 Å². The fourth-order valence-electron chi connectivity index (χ4n) is 1.58. The molecule has 0 saturated heterocycles. The van der Waals surface area contributed by atoms with Crippen molar-refractivity contribution in [1.29, 1.82) is 0 Å². The Morgan fingerprint density at radius 1 is 1.04 bits per heavy atom. The normalized spacial score (nSPS) is 10.5. The van der Waals surface area contributed by atoms with Crippen LogP contribution in [0.3, 0.4) is 0 Å². The minimum absolute atomic E-state index is 0. The number of anilines is 2. The summed E-state index contributed by atoms with van der Waals surface area (Å²) in [5, 5.41) is 22.1. The fraction of sp³-hybridized carbons (Fsp3) is 0.0769. The third-order valence-electron chi connectivity index (χ3n) is 2.65. The van der Waals surface area contributed by atoms with Gasteiger partial charge in [0.1, 0.15) is 0 Å². The van der Waals surface area contributed by atoms with Crippen molar-refractivity contribution in [3.63, 3.8) is 0 Å². The number of nitrogens with one attached hydrogen (secondary N) is 1. The molecule has 0 atom stereocenters. The molecular formula is C13H14As2N2NaO4S.